The van der Waals surface area contributed by atoms with Gasteiger partial charge in [0.1, 0.15) is 0 Å². The maximum atomic E-state index is 5.02. The van der Waals surface area contributed by atoms with E-state index < -0.39 is 0 Å². The van der Waals surface area contributed by atoms with Crippen LogP contribution in [0.1, 0.15) is 52.4 Å². The Labute approximate surface area is 124 Å². The van der Waals surface area contributed by atoms with E-state index in [9.17, 15) is 0 Å². The molecular weight excluding hydrogens is 252 g/mol. The van der Waals surface area contributed by atoms with Gasteiger partial charge in [0.15, 0.2) is 0 Å². The molecule has 1 N–H and O–H groups in total. The van der Waals surface area contributed by atoms with Crippen molar-refractivity contribution in [2.45, 2.75) is 58.9 Å². The van der Waals surface area contributed by atoms with E-state index in [0.29, 0.717) is 0 Å². The molecule has 1 aromatic heterocycles. The quantitative estimate of drug-likeness (QED) is 0.600. The molecule has 1 heterocycles. The third-order valence-electron chi connectivity index (χ3n) is 2.91. The highest BCUT2D eigenvalue weighted by atomic mass is 16.5. The molecule has 0 fully saturated rings. The maximum Gasteiger partial charge on any atom is 0.0692 e. The van der Waals surface area contributed by atoms with Crippen molar-refractivity contribution in [2.75, 3.05) is 26.8 Å². The van der Waals surface area contributed by atoms with Crippen molar-refractivity contribution in [2.24, 2.45) is 0 Å². The van der Waals surface area contributed by atoms with Gasteiger partial charge in [-0.3, -0.25) is 4.68 Å². The van der Waals surface area contributed by atoms with E-state index in [1.54, 1.807) is 13.3 Å². The second kappa shape index (κ2) is 16.1. The topological polar surface area (TPSA) is 52.0 Å². The summed E-state index contributed by atoms with van der Waals surface area (Å²) < 4.78 is 6.90. The van der Waals surface area contributed by atoms with Crippen molar-refractivity contribution in [3.8, 4) is 0 Å². The van der Waals surface area contributed by atoms with Crippen molar-refractivity contribution < 1.29 is 4.74 Å². The first-order chi connectivity index (χ1) is 9.93. The van der Waals surface area contributed by atoms with E-state index in [1.807, 2.05) is 24.7 Å². The summed E-state index contributed by atoms with van der Waals surface area (Å²) in [5.74, 6) is 0. The molecule has 0 aliphatic rings. The van der Waals surface area contributed by atoms with Crippen molar-refractivity contribution in [1.82, 2.24) is 20.3 Å². The average Bonchev–Trinajstić information content (AvgIpc) is 3.00. The van der Waals surface area contributed by atoms with E-state index in [0.717, 1.165) is 32.7 Å². The van der Waals surface area contributed by atoms with Gasteiger partial charge < -0.3 is 10.1 Å². The van der Waals surface area contributed by atoms with Crippen LogP contribution in [0, 0.1) is 0 Å². The van der Waals surface area contributed by atoms with Crippen LogP contribution in [-0.2, 0) is 11.3 Å². The van der Waals surface area contributed by atoms with Gasteiger partial charge in [-0.25, -0.2) is 0 Å². The molecule has 20 heavy (non-hydrogen) atoms. The van der Waals surface area contributed by atoms with Gasteiger partial charge in [-0.05, 0) is 38.8 Å². The number of hydrogen-bond donors (Lipinski definition) is 1. The predicted molar refractivity (Wildman–Crippen MR) is 83.8 cm³/mol. The molecule has 0 unspecified atom stereocenters. The van der Waals surface area contributed by atoms with Gasteiger partial charge in [0.25, 0.3) is 0 Å². The largest absolute Gasteiger partial charge is 0.385 e. The number of unbranched alkanes of at least 4 members (excludes halogenated alkanes) is 4. The molecule has 118 valence electrons. The number of nitrogens with one attached hydrogen (secondary N) is 1. The zero-order valence-corrected chi connectivity index (χ0v) is 13.5. The van der Waals surface area contributed by atoms with Gasteiger partial charge in [-0.2, -0.15) is 0 Å². The van der Waals surface area contributed by atoms with Crippen molar-refractivity contribution in [3.63, 3.8) is 0 Å². The molecule has 0 spiro atoms. The lowest BCUT2D eigenvalue weighted by Gasteiger charge is -2.05. The Morgan fingerprint density at radius 3 is 2.35 bits per heavy atom. The third kappa shape index (κ3) is 12.1. The first-order valence-electron chi connectivity index (χ1n) is 7.97. The zero-order valence-electron chi connectivity index (χ0n) is 13.5. The number of ether oxygens (including phenoxy) is 1. The summed E-state index contributed by atoms with van der Waals surface area (Å²) in [5, 5.41) is 11.2. The molecule has 1 aromatic rings. The molecule has 0 radical (unpaired) electrons. The molecule has 0 aliphatic heterocycles. The number of nitrogens with zero attached hydrogens (tertiary/aromatic N) is 3. The Kier molecular flexibility index (Phi) is 15.4. The summed E-state index contributed by atoms with van der Waals surface area (Å²) in [5.41, 5.74) is 0. The fraction of sp³-hybridized carbons (Fsp3) is 0.867. The maximum absolute atomic E-state index is 5.02. The summed E-state index contributed by atoms with van der Waals surface area (Å²) in [4.78, 5) is 0. The molecule has 0 saturated heterocycles. The molecule has 0 atom stereocenters. The third-order valence-corrected chi connectivity index (χ3v) is 2.91. The van der Waals surface area contributed by atoms with Crippen LogP contribution in [0.5, 0.6) is 0 Å². The van der Waals surface area contributed by atoms with Crippen LogP contribution in [0.4, 0.5) is 0 Å². The molecule has 5 nitrogen and oxygen atoms in total. The van der Waals surface area contributed by atoms with E-state index in [4.69, 9.17) is 4.74 Å². The van der Waals surface area contributed by atoms with Crippen LogP contribution >= 0.6 is 0 Å². The lowest BCUT2D eigenvalue weighted by Crippen LogP contribution is -2.17. The number of methoxy groups -OCH3 is 1. The Morgan fingerprint density at radius 1 is 1.00 bits per heavy atom. The van der Waals surface area contributed by atoms with Gasteiger partial charge in [0.2, 0.25) is 0 Å². The average molecular weight is 284 g/mol. The van der Waals surface area contributed by atoms with Crippen molar-refractivity contribution in [1.29, 1.82) is 0 Å². The zero-order chi connectivity index (χ0) is 14.9. The monoisotopic (exact) mass is 284 g/mol. The normalized spacial score (nSPS) is 10.2. The van der Waals surface area contributed by atoms with E-state index in [1.165, 1.54) is 32.1 Å². The summed E-state index contributed by atoms with van der Waals surface area (Å²) in [6.07, 6.45) is 11.0. The second-order valence-electron chi connectivity index (χ2n) is 4.53. The molecule has 5 heteroatoms. The summed E-state index contributed by atoms with van der Waals surface area (Å²) in [7, 11) is 1.76. The highest BCUT2D eigenvalue weighted by Gasteiger charge is 1.93. The molecule has 0 saturated carbocycles. The standard InChI is InChI=1S/C13H26N4O.C2H6/c1-18-13-7-3-2-4-8-14-9-5-6-11-17-12-10-15-16-17;1-2/h10,12,14H,2-9,11,13H2,1H3;1-2H3. The Hall–Kier alpha value is -0.940. The minimum atomic E-state index is 0.899. The lowest BCUT2D eigenvalue weighted by atomic mass is 10.2. The van der Waals surface area contributed by atoms with Crippen LogP contribution in [0.15, 0.2) is 12.4 Å². The number of aryl methyl sites for hydroxylation is 1. The first-order valence-corrected chi connectivity index (χ1v) is 7.97. The van der Waals surface area contributed by atoms with Gasteiger partial charge in [0, 0.05) is 26.5 Å². The summed E-state index contributed by atoms with van der Waals surface area (Å²) in [6, 6.07) is 0. The van der Waals surface area contributed by atoms with E-state index in [2.05, 4.69) is 15.6 Å². The summed E-state index contributed by atoms with van der Waals surface area (Å²) in [6.45, 7) is 8.11. The molecule has 1 rings (SSSR count). The second-order valence-corrected chi connectivity index (χ2v) is 4.53. The predicted octanol–water partition coefficient (Wildman–Crippen LogP) is 2.88. The Balaban J connectivity index is 0.00000172. The Bertz CT molecular complexity index is 265. The fourth-order valence-corrected chi connectivity index (χ4v) is 1.85. The van der Waals surface area contributed by atoms with Gasteiger partial charge >= 0.3 is 0 Å². The Morgan fingerprint density at radius 2 is 1.70 bits per heavy atom. The lowest BCUT2D eigenvalue weighted by molar-refractivity contribution is 0.192. The van der Waals surface area contributed by atoms with E-state index >= 15 is 0 Å². The highest BCUT2D eigenvalue weighted by Crippen LogP contribution is 1.99. The molecule has 0 bridgehead atoms. The smallest absolute Gasteiger partial charge is 0.0692 e. The first kappa shape index (κ1) is 19.1. The van der Waals surface area contributed by atoms with Crippen LogP contribution in [0.3, 0.4) is 0 Å². The van der Waals surface area contributed by atoms with Crippen LogP contribution in [0.2, 0.25) is 0 Å². The van der Waals surface area contributed by atoms with Gasteiger partial charge in [-0.15, -0.1) is 5.10 Å². The molecule has 0 aliphatic carbocycles. The van der Waals surface area contributed by atoms with Crippen LogP contribution in [-0.4, -0.2) is 41.8 Å². The fourth-order valence-electron chi connectivity index (χ4n) is 1.85. The molecular formula is C15H32N4O. The molecule has 0 amide bonds. The minimum Gasteiger partial charge on any atom is -0.385 e. The number of rotatable bonds is 12. The minimum absolute atomic E-state index is 0.899. The number of hydrogen-bond acceptors (Lipinski definition) is 4. The molecule has 0 aromatic carbocycles. The SMILES string of the molecule is CC.COCCCCCCNCCCCn1ccnn1. The van der Waals surface area contributed by atoms with Crippen LogP contribution < -0.4 is 5.32 Å². The van der Waals surface area contributed by atoms with Crippen LogP contribution in [0.25, 0.3) is 0 Å². The van der Waals surface area contributed by atoms with E-state index in [-0.39, 0.29) is 0 Å². The highest BCUT2D eigenvalue weighted by molar-refractivity contribution is 4.63. The van der Waals surface area contributed by atoms with Gasteiger partial charge in [0.05, 0.1) is 6.20 Å². The van der Waals surface area contributed by atoms with Gasteiger partial charge in [-0.1, -0.05) is 31.9 Å². The van der Waals surface area contributed by atoms with Crippen molar-refractivity contribution >= 4 is 0 Å². The number of aromatic nitrogens is 3. The summed E-state index contributed by atoms with van der Waals surface area (Å²) >= 11 is 0. The van der Waals surface area contributed by atoms with Crippen molar-refractivity contribution in [3.05, 3.63) is 12.4 Å².